The van der Waals surface area contributed by atoms with Gasteiger partial charge in [-0.25, -0.2) is 0 Å². The minimum atomic E-state index is -4.58. The van der Waals surface area contributed by atoms with E-state index in [4.69, 9.17) is 9.05 Å². The van der Waals surface area contributed by atoms with Crippen LogP contribution in [0.15, 0.2) is 109 Å². The standard InChI is InChI=1S/C66H117N2O6P/c1-6-8-10-12-14-16-18-20-22-23-24-25-26-27-28-29-30-31-32-33-34-35-36-37-38-39-40-41-42-43-44-45-46-48-50-52-54-56-58-60-66(70)67-64(63-74-75(71,72)73-62-61-68(3,4)5)65(69)59-57-55-53-51-49-47-21-19-17-15-13-11-9-7-2/h8,10,14,16,20,22,24-25,27-28,30-31,33-34,36-37,39-40,64-65,69H,6-7,9,11-13,15,17-19,21,23,26,29,32,35,38,41-63H2,1-5H3,(H-,67,70,71,72)/b10-8-,16-14-,22-20-,25-24-,28-27-,31-30-,34-33-,37-36-,40-39-. The van der Waals surface area contributed by atoms with Gasteiger partial charge in [-0.1, -0.05) is 271 Å². The number of aliphatic hydroxyl groups is 1. The highest BCUT2D eigenvalue weighted by molar-refractivity contribution is 7.45. The molecule has 432 valence electrons. The first kappa shape index (κ1) is 72.2. The van der Waals surface area contributed by atoms with E-state index in [2.05, 4.69) is 129 Å². The molecule has 8 nitrogen and oxygen atoms in total. The second-order valence-electron chi connectivity index (χ2n) is 21.7. The lowest BCUT2D eigenvalue weighted by molar-refractivity contribution is -0.870. The lowest BCUT2D eigenvalue weighted by Crippen LogP contribution is -2.46. The van der Waals surface area contributed by atoms with Crippen molar-refractivity contribution >= 4 is 13.7 Å². The number of aliphatic hydroxyl groups excluding tert-OH is 1. The number of hydrogen-bond acceptors (Lipinski definition) is 6. The van der Waals surface area contributed by atoms with Crippen LogP contribution in [0.5, 0.6) is 0 Å². The Morgan fingerprint density at radius 3 is 1.19 bits per heavy atom. The molecule has 0 aromatic carbocycles. The molecule has 3 unspecified atom stereocenters. The summed E-state index contributed by atoms with van der Waals surface area (Å²) in [6, 6.07) is -0.808. The van der Waals surface area contributed by atoms with Gasteiger partial charge in [0.15, 0.2) is 0 Å². The Morgan fingerprint density at radius 2 is 0.813 bits per heavy atom. The van der Waals surface area contributed by atoms with Crippen LogP contribution < -0.4 is 10.2 Å². The first-order valence-corrected chi connectivity index (χ1v) is 32.2. The largest absolute Gasteiger partial charge is 0.756 e. The van der Waals surface area contributed by atoms with Crippen LogP contribution in [0, 0.1) is 0 Å². The Balaban J connectivity index is 4.05. The number of allylic oxidation sites excluding steroid dienone is 18. The summed E-state index contributed by atoms with van der Waals surface area (Å²) in [6.45, 7) is 4.60. The highest BCUT2D eigenvalue weighted by Crippen LogP contribution is 2.38. The van der Waals surface area contributed by atoms with Gasteiger partial charge in [-0.05, 0) is 83.5 Å². The lowest BCUT2D eigenvalue weighted by Gasteiger charge is -2.30. The summed E-state index contributed by atoms with van der Waals surface area (Å²) in [7, 11) is 1.29. The van der Waals surface area contributed by atoms with E-state index in [1.54, 1.807) is 0 Å². The minimum Gasteiger partial charge on any atom is -0.756 e. The molecule has 0 saturated heterocycles. The van der Waals surface area contributed by atoms with Gasteiger partial charge in [0.2, 0.25) is 5.91 Å². The van der Waals surface area contributed by atoms with Gasteiger partial charge in [-0.2, -0.15) is 0 Å². The van der Waals surface area contributed by atoms with Crippen molar-refractivity contribution in [2.75, 3.05) is 40.9 Å². The van der Waals surface area contributed by atoms with Gasteiger partial charge < -0.3 is 28.8 Å². The van der Waals surface area contributed by atoms with Crippen molar-refractivity contribution in [1.82, 2.24) is 5.32 Å². The number of phosphoric acid groups is 1. The number of rotatable bonds is 55. The van der Waals surface area contributed by atoms with Gasteiger partial charge in [0.1, 0.15) is 13.2 Å². The average Bonchev–Trinajstić information content (AvgIpc) is 3.37. The van der Waals surface area contributed by atoms with Gasteiger partial charge in [0, 0.05) is 6.42 Å². The van der Waals surface area contributed by atoms with Crippen LogP contribution in [-0.2, 0) is 18.4 Å². The van der Waals surface area contributed by atoms with E-state index in [-0.39, 0.29) is 19.1 Å². The number of amides is 1. The van der Waals surface area contributed by atoms with E-state index < -0.39 is 20.0 Å². The molecule has 1 amide bonds. The molecule has 9 heteroatoms. The van der Waals surface area contributed by atoms with Crippen molar-refractivity contribution in [3.05, 3.63) is 109 Å². The number of carbonyl (C=O) groups is 1. The van der Waals surface area contributed by atoms with E-state index in [0.717, 1.165) is 96.3 Å². The third-order valence-corrected chi connectivity index (χ3v) is 14.2. The number of phosphoric ester groups is 1. The summed E-state index contributed by atoms with van der Waals surface area (Å²) in [5.41, 5.74) is 0. The Morgan fingerprint density at radius 1 is 0.480 bits per heavy atom. The van der Waals surface area contributed by atoms with Crippen LogP contribution >= 0.6 is 7.82 Å². The maximum atomic E-state index is 13.0. The van der Waals surface area contributed by atoms with Crippen molar-refractivity contribution in [3.8, 4) is 0 Å². The molecule has 0 aromatic heterocycles. The van der Waals surface area contributed by atoms with Crippen LogP contribution in [0.3, 0.4) is 0 Å². The smallest absolute Gasteiger partial charge is 0.268 e. The summed E-state index contributed by atoms with van der Waals surface area (Å²) in [5, 5.41) is 14.0. The molecule has 0 spiro atoms. The topological polar surface area (TPSA) is 108 Å². The molecule has 0 saturated carbocycles. The number of hydrogen-bond donors (Lipinski definition) is 2. The average molecular weight is 1070 g/mol. The predicted octanol–water partition coefficient (Wildman–Crippen LogP) is 18.5. The fraction of sp³-hybridized carbons (Fsp3) is 0.712. The van der Waals surface area contributed by atoms with E-state index >= 15 is 0 Å². The Kier molecular flexibility index (Phi) is 53.8. The molecule has 0 radical (unpaired) electrons. The second kappa shape index (κ2) is 55.9. The normalized spacial score (nSPS) is 14.6. The summed E-state index contributed by atoms with van der Waals surface area (Å²) < 4.78 is 23.4. The lowest BCUT2D eigenvalue weighted by atomic mass is 10.0. The summed E-state index contributed by atoms with van der Waals surface area (Å²) >= 11 is 0. The molecule has 0 aliphatic carbocycles. The number of carbonyl (C=O) groups excluding carboxylic acids is 1. The number of likely N-dealkylation sites (N-methyl/N-ethyl adjacent to an activating group) is 1. The molecule has 75 heavy (non-hydrogen) atoms. The molecule has 0 aliphatic rings. The molecule has 0 heterocycles. The number of nitrogens with zero attached hydrogens (tertiary/aromatic N) is 1. The highest BCUT2D eigenvalue weighted by Gasteiger charge is 2.24. The van der Waals surface area contributed by atoms with Gasteiger partial charge >= 0.3 is 0 Å². The quantitative estimate of drug-likeness (QED) is 0.0272. The predicted molar refractivity (Wildman–Crippen MR) is 325 cm³/mol. The number of quaternary nitrogens is 1. The molecule has 0 bridgehead atoms. The molecule has 2 N–H and O–H groups in total. The van der Waals surface area contributed by atoms with Crippen LogP contribution in [0.25, 0.3) is 0 Å². The molecular weight excluding hydrogens is 948 g/mol. The van der Waals surface area contributed by atoms with Crippen molar-refractivity contribution in [1.29, 1.82) is 0 Å². The highest BCUT2D eigenvalue weighted by atomic mass is 31.2. The first-order valence-electron chi connectivity index (χ1n) is 30.7. The maximum Gasteiger partial charge on any atom is 0.268 e. The molecule has 3 atom stereocenters. The zero-order chi connectivity index (χ0) is 54.9. The Bertz CT molecular complexity index is 1590. The van der Waals surface area contributed by atoms with Crippen LogP contribution in [0.4, 0.5) is 0 Å². The second-order valence-corrected chi connectivity index (χ2v) is 23.1. The van der Waals surface area contributed by atoms with Gasteiger partial charge in [-0.3, -0.25) is 9.36 Å². The maximum absolute atomic E-state index is 13.0. The molecule has 0 rings (SSSR count). The number of unbranched alkanes of at least 4 members (excludes halogenated alkanes) is 24. The SMILES string of the molecule is CC/C=C\C/C=C\C/C=C\C/C=C\C/C=C\C/C=C\C/C=C\C/C=C\C/C=C\CCCCCCCCCCCCCC(=O)NC(COP(=O)([O-])OCC[N+](C)(C)C)C(O)CCCCCCCCCCCCCCCC. The zero-order valence-corrected chi connectivity index (χ0v) is 50.1. The van der Waals surface area contributed by atoms with E-state index in [1.165, 1.54) is 128 Å². The van der Waals surface area contributed by atoms with Gasteiger partial charge in [0.25, 0.3) is 7.82 Å². The summed E-state index contributed by atoms with van der Waals surface area (Å²) in [6.07, 6.45) is 81.3. The Hall–Kier alpha value is -2.84. The summed E-state index contributed by atoms with van der Waals surface area (Å²) in [5.74, 6) is -0.171. The minimum absolute atomic E-state index is 0.00765. The fourth-order valence-electron chi connectivity index (χ4n) is 8.50. The third kappa shape index (κ3) is 58.7. The van der Waals surface area contributed by atoms with E-state index in [1.807, 2.05) is 21.1 Å². The van der Waals surface area contributed by atoms with E-state index in [9.17, 15) is 19.4 Å². The fourth-order valence-corrected chi connectivity index (χ4v) is 9.23. The van der Waals surface area contributed by atoms with Gasteiger partial charge in [-0.15, -0.1) is 0 Å². The van der Waals surface area contributed by atoms with Crippen LogP contribution in [0.1, 0.15) is 251 Å². The monoisotopic (exact) mass is 1060 g/mol. The summed E-state index contributed by atoms with van der Waals surface area (Å²) in [4.78, 5) is 25.5. The van der Waals surface area contributed by atoms with Crippen LogP contribution in [0.2, 0.25) is 0 Å². The first-order chi connectivity index (χ1) is 36.5. The van der Waals surface area contributed by atoms with Crippen LogP contribution in [-0.4, -0.2) is 68.5 Å². The van der Waals surface area contributed by atoms with Crippen molar-refractivity contribution in [2.24, 2.45) is 0 Å². The molecule has 0 aliphatic heterocycles. The molecule has 0 fully saturated rings. The van der Waals surface area contributed by atoms with Gasteiger partial charge in [0.05, 0.1) is 39.9 Å². The number of nitrogens with one attached hydrogen (secondary N) is 1. The molecule has 0 aromatic rings. The van der Waals surface area contributed by atoms with E-state index in [0.29, 0.717) is 23.9 Å². The van der Waals surface area contributed by atoms with Crippen molar-refractivity contribution in [3.63, 3.8) is 0 Å². The third-order valence-electron chi connectivity index (χ3n) is 13.3. The zero-order valence-electron chi connectivity index (χ0n) is 49.2. The van der Waals surface area contributed by atoms with Crippen molar-refractivity contribution in [2.45, 2.75) is 264 Å². The van der Waals surface area contributed by atoms with Crippen molar-refractivity contribution < 1.29 is 32.9 Å². The Labute approximate surface area is 463 Å². The molecular formula is C66H117N2O6P.